The molecule has 0 unspecified atom stereocenters. The second-order valence-electron chi connectivity index (χ2n) is 6.43. The van der Waals surface area contributed by atoms with Crippen LogP contribution in [0.2, 0.25) is 0 Å². The van der Waals surface area contributed by atoms with Crippen molar-refractivity contribution in [2.45, 2.75) is 31.2 Å². The van der Waals surface area contributed by atoms with E-state index in [1.165, 1.54) is 24.9 Å². The van der Waals surface area contributed by atoms with Gasteiger partial charge in [0.1, 0.15) is 12.2 Å². The Hall–Kier alpha value is -2.71. The van der Waals surface area contributed by atoms with Gasteiger partial charge in [-0.2, -0.15) is 4.72 Å². The number of hydrogen-bond donors (Lipinski definition) is 1. The lowest BCUT2D eigenvalue weighted by Crippen LogP contribution is -2.30. The Morgan fingerprint density at radius 3 is 2.64 bits per heavy atom. The van der Waals surface area contributed by atoms with Crippen molar-refractivity contribution in [1.82, 2.24) is 14.3 Å². The van der Waals surface area contributed by atoms with Gasteiger partial charge in [-0.1, -0.05) is 25.5 Å². The molecule has 0 saturated heterocycles. The van der Waals surface area contributed by atoms with E-state index in [9.17, 15) is 13.2 Å². The number of pyridine rings is 1. The Bertz CT molecular complexity index is 1070. The number of nitrogens with zero attached hydrogens (tertiary/aromatic N) is 2. The molecular weight excluding hydrogens is 378 g/mol. The third-order valence-electron chi connectivity index (χ3n) is 4.46. The van der Waals surface area contributed by atoms with E-state index in [1.807, 2.05) is 12.1 Å². The predicted molar refractivity (Wildman–Crippen MR) is 106 cm³/mol. The van der Waals surface area contributed by atoms with Crippen molar-refractivity contribution in [1.29, 1.82) is 0 Å². The molecule has 0 atom stereocenters. The van der Waals surface area contributed by atoms with Gasteiger partial charge < -0.3 is 9.30 Å². The Morgan fingerprint density at radius 1 is 1.21 bits per heavy atom. The molecule has 28 heavy (non-hydrogen) atoms. The summed E-state index contributed by atoms with van der Waals surface area (Å²) in [5, 5.41) is 1.09. The van der Waals surface area contributed by atoms with Crippen LogP contribution in [0.5, 0.6) is 0 Å². The topological polar surface area (TPSA) is 90.3 Å². The zero-order valence-corrected chi connectivity index (χ0v) is 16.7. The highest BCUT2D eigenvalue weighted by Gasteiger charge is 2.16. The molecule has 0 fully saturated rings. The molecule has 0 spiro atoms. The number of aryl methyl sites for hydroxylation is 1. The molecule has 7 nitrogen and oxygen atoms in total. The molecule has 148 valence electrons. The maximum absolute atomic E-state index is 12.3. The molecule has 0 aliphatic heterocycles. The molecule has 1 N–H and O–H groups in total. The molecule has 2 aromatic heterocycles. The fourth-order valence-corrected chi connectivity index (χ4v) is 4.02. The average molecular weight is 401 g/mol. The molecule has 1 aromatic carbocycles. The second-order valence-corrected chi connectivity index (χ2v) is 8.20. The quantitative estimate of drug-likeness (QED) is 0.586. The highest BCUT2D eigenvalue weighted by Crippen LogP contribution is 2.21. The molecule has 3 aromatic rings. The van der Waals surface area contributed by atoms with Crippen molar-refractivity contribution in [3.05, 3.63) is 59.9 Å². The van der Waals surface area contributed by atoms with Crippen molar-refractivity contribution in [2.75, 3.05) is 13.7 Å². The number of ether oxygens (including phenoxy) is 1. The van der Waals surface area contributed by atoms with Crippen molar-refractivity contribution in [3.8, 4) is 0 Å². The largest absolute Gasteiger partial charge is 0.468 e. The second kappa shape index (κ2) is 8.53. The SMILES string of the molecule is CCCc1cc2cccnc2n1Cc1ccc(S(=O)(=O)NCC(=O)OC)cc1. The summed E-state index contributed by atoms with van der Waals surface area (Å²) in [5.41, 5.74) is 3.09. The van der Waals surface area contributed by atoms with E-state index in [0.29, 0.717) is 6.54 Å². The van der Waals surface area contributed by atoms with E-state index in [1.54, 1.807) is 18.3 Å². The maximum atomic E-state index is 12.3. The lowest BCUT2D eigenvalue weighted by atomic mass is 10.2. The first-order valence-corrected chi connectivity index (χ1v) is 10.5. The van der Waals surface area contributed by atoms with E-state index >= 15 is 0 Å². The molecular formula is C20H23N3O4S. The Morgan fingerprint density at radius 2 is 1.96 bits per heavy atom. The van der Waals surface area contributed by atoms with Crippen LogP contribution < -0.4 is 4.72 Å². The summed E-state index contributed by atoms with van der Waals surface area (Å²) in [6.45, 7) is 2.34. The van der Waals surface area contributed by atoms with Crippen LogP contribution in [0.4, 0.5) is 0 Å². The van der Waals surface area contributed by atoms with Gasteiger partial charge in [-0.15, -0.1) is 0 Å². The number of hydrogen-bond acceptors (Lipinski definition) is 5. The molecule has 2 heterocycles. The summed E-state index contributed by atoms with van der Waals surface area (Å²) in [5.74, 6) is -0.643. The summed E-state index contributed by atoms with van der Waals surface area (Å²) in [7, 11) is -2.56. The minimum atomic E-state index is -3.77. The Balaban J connectivity index is 1.82. The number of methoxy groups -OCH3 is 1. The number of esters is 1. The molecule has 0 saturated carbocycles. The summed E-state index contributed by atoms with van der Waals surface area (Å²) in [6, 6.07) is 12.7. The third-order valence-corrected chi connectivity index (χ3v) is 5.87. The van der Waals surface area contributed by atoms with E-state index in [-0.39, 0.29) is 4.90 Å². The highest BCUT2D eigenvalue weighted by atomic mass is 32.2. The number of aromatic nitrogens is 2. The number of nitrogens with one attached hydrogen (secondary N) is 1. The number of carbonyl (C=O) groups is 1. The van der Waals surface area contributed by atoms with Crippen LogP contribution in [0.1, 0.15) is 24.6 Å². The van der Waals surface area contributed by atoms with Gasteiger partial charge in [0.2, 0.25) is 10.0 Å². The number of rotatable bonds is 8. The van der Waals surface area contributed by atoms with Gasteiger partial charge in [-0.05, 0) is 42.3 Å². The van der Waals surface area contributed by atoms with Crippen LogP contribution in [0, 0.1) is 0 Å². The zero-order valence-electron chi connectivity index (χ0n) is 15.9. The van der Waals surface area contributed by atoms with Crippen molar-refractivity contribution < 1.29 is 17.9 Å². The smallest absolute Gasteiger partial charge is 0.320 e. The third kappa shape index (κ3) is 4.40. The van der Waals surface area contributed by atoms with Crippen LogP contribution in [0.3, 0.4) is 0 Å². The van der Waals surface area contributed by atoms with E-state index in [0.717, 1.165) is 29.4 Å². The summed E-state index contributed by atoms with van der Waals surface area (Å²) >= 11 is 0. The van der Waals surface area contributed by atoms with Crippen molar-refractivity contribution in [3.63, 3.8) is 0 Å². The van der Waals surface area contributed by atoms with Gasteiger partial charge >= 0.3 is 5.97 Å². The number of sulfonamides is 1. The predicted octanol–water partition coefficient (Wildman–Crippen LogP) is 2.49. The standard InChI is InChI=1S/C20H23N3O4S/c1-3-5-17-12-16-6-4-11-21-20(16)23(17)14-15-7-9-18(10-8-15)28(25,26)22-13-19(24)27-2/h4,6-12,22H,3,5,13-14H2,1-2H3. The van der Waals surface area contributed by atoms with Crippen LogP contribution in [0.15, 0.2) is 53.6 Å². The lowest BCUT2D eigenvalue weighted by Gasteiger charge is -2.11. The number of benzene rings is 1. The van der Waals surface area contributed by atoms with Crippen LogP contribution in [-0.2, 0) is 32.5 Å². The van der Waals surface area contributed by atoms with E-state index < -0.39 is 22.5 Å². The van der Waals surface area contributed by atoms with Gasteiger partial charge in [0, 0.05) is 23.8 Å². The average Bonchev–Trinajstić information content (AvgIpc) is 3.04. The van der Waals surface area contributed by atoms with Gasteiger partial charge in [0.15, 0.2) is 0 Å². The minimum Gasteiger partial charge on any atom is -0.468 e. The normalized spacial score (nSPS) is 11.6. The monoisotopic (exact) mass is 401 g/mol. The van der Waals surface area contributed by atoms with Crippen LogP contribution >= 0.6 is 0 Å². The first-order chi connectivity index (χ1) is 13.4. The molecule has 8 heteroatoms. The number of carbonyl (C=O) groups excluding carboxylic acids is 1. The van der Waals surface area contributed by atoms with Gasteiger partial charge in [0.05, 0.1) is 12.0 Å². The maximum Gasteiger partial charge on any atom is 0.320 e. The summed E-state index contributed by atoms with van der Waals surface area (Å²) in [6.07, 6.45) is 3.75. The lowest BCUT2D eigenvalue weighted by molar-refractivity contribution is -0.139. The Kier molecular flexibility index (Phi) is 6.11. The summed E-state index contributed by atoms with van der Waals surface area (Å²) < 4.78 is 33.4. The molecule has 0 aliphatic carbocycles. The van der Waals surface area contributed by atoms with Crippen LogP contribution in [-0.4, -0.2) is 37.6 Å². The van der Waals surface area contributed by atoms with Gasteiger partial charge in [-0.3, -0.25) is 4.79 Å². The van der Waals surface area contributed by atoms with Gasteiger partial charge in [-0.25, -0.2) is 13.4 Å². The highest BCUT2D eigenvalue weighted by molar-refractivity contribution is 7.89. The molecule has 3 rings (SSSR count). The molecule has 0 radical (unpaired) electrons. The Labute approximate surface area is 164 Å². The fourth-order valence-electron chi connectivity index (χ4n) is 3.05. The minimum absolute atomic E-state index is 0.101. The van der Waals surface area contributed by atoms with Gasteiger partial charge in [0.25, 0.3) is 0 Å². The van der Waals surface area contributed by atoms with E-state index in [4.69, 9.17) is 0 Å². The van der Waals surface area contributed by atoms with Crippen molar-refractivity contribution >= 4 is 27.0 Å². The molecule has 0 aliphatic rings. The first-order valence-electron chi connectivity index (χ1n) is 9.03. The van der Waals surface area contributed by atoms with Crippen molar-refractivity contribution in [2.24, 2.45) is 0 Å². The fraction of sp³-hybridized carbons (Fsp3) is 0.300. The first kappa shape index (κ1) is 20.0. The molecule has 0 bridgehead atoms. The zero-order chi connectivity index (χ0) is 20.1. The summed E-state index contributed by atoms with van der Waals surface area (Å²) in [4.78, 5) is 15.8. The van der Waals surface area contributed by atoms with E-state index in [2.05, 4.69) is 32.0 Å². The number of fused-ring (bicyclic) bond motifs is 1. The molecule has 0 amide bonds. The van der Waals surface area contributed by atoms with Crippen LogP contribution in [0.25, 0.3) is 11.0 Å².